The van der Waals surface area contributed by atoms with Crippen LogP contribution in [-0.4, -0.2) is 56.1 Å². The minimum absolute atomic E-state index is 0.362. The summed E-state index contributed by atoms with van der Waals surface area (Å²) in [5.41, 5.74) is 0. The molecule has 0 radical (unpaired) electrons. The third-order valence-electron chi connectivity index (χ3n) is 3.48. The van der Waals surface area contributed by atoms with Gasteiger partial charge in [0.05, 0.1) is 0 Å². The van der Waals surface area contributed by atoms with Gasteiger partial charge in [0.1, 0.15) is 27.8 Å². The fraction of sp³-hybridized carbons (Fsp3) is 0.267. The van der Waals surface area contributed by atoms with Crippen LogP contribution in [0.3, 0.4) is 0 Å². The molecule has 1 aliphatic heterocycles. The highest BCUT2D eigenvalue weighted by molar-refractivity contribution is 8.08. The van der Waals surface area contributed by atoms with E-state index in [2.05, 4.69) is 11.9 Å². The van der Waals surface area contributed by atoms with Crippen molar-refractivity contribution in [2.24, 2.45) is 0 Å². The Kier molecular flexibility index (Phi) is 6.16. The Morgan fingerprint density at radius 2 is 2.08 bits per heavy atom. The van der Waals surface area contributed by atoms with Gasteiger partial charge in [-0.05, 0) is 22.8 Å². The molecule has 25 heavy (non-hydrogen) atoms. The van der Waals surface area contributed by atoms with E-state index >= 15 is 0 Å². The highest BCUT2D eigenvalue weighted by Gasteiger charge is 2.55. The first-order chi connectivity index (χ1) is 11.9. The third-order valence-corrected chi connectivity index (χ3v) is 4.90. The molecule has 1 aromatic rings. The molecule has 1 fully saturated rings. The molecule has 1 aromatic carbocycles. The maximum Gasteiger partial charge on any atom is 0.330 e. The molecule has 1 saturated heterocycles. The number of carbonyl (C=O) groups excluding carboxylic acids is 2. The number of ether oxygens (including phenoxy) is 1. The molecule has 0 saturated carbocycles. The van der Waals surface area contributed by atoms with Gasteiger partial charge in [0, 0.05) is 0 Å². The maximum atomic E-state index is 12.2. The summed E-state index contributed by atoms with van der Waals surface area (Å²) in [6, 6.07) is 5.99. The van der Waals surface area contributed by atoms with Crippen LogP contribution in [0.4, 0.5) is 0 Å². The summed E-state index contributed by atoms with van der Waals surface area (Å²) in [5, 5.41) is 10.3. The van der Waals surface area contributed by atoms with Gasteiger partial charge in [-0.3, -0.25) is 9.59 Å². The number of likely N-dealkylation sites (tertiary alicyclic amines) is 1. The van der Waals surface area contributed by atoms with Crippen LogP contribution in [0.2, 0.25) is 0 Å². The monoisotopic (exact) mass is 386 g/mol. The van der Waals surface area contributed by atoms with Gasteiger partial charge < -0.3 is 20.1 Å². The van der Waals surface area contributed by atoms with Crippen molar-refractivity contribution >= 4 is 38.5 Å². The van der Waals surface area contributed by atoms with Crippen molar-refractivity contribution in [2.75, 3.05) is 6.61 Å². The van der Waals surface area contributed by atoms with E-state index in [0.717, 1.165) is 11.0 Å². The Bertz CT molecular complexity index is 713. The van der Waals surface area contributed by atoms with Crippen molar-refractivity contribution in [1.29, 1.82) is 0 Å². The molecule has 2 rings (SSSR count). The zero-order valence-corrected chi connectivity index (χ0v) is 14.4. The lowest BCUT2D eigenvalue weighted by Crippen LogP contribution is -2.74. The Hall–Kier alpha value is -2.39. The van der Waals surface area contributed by atoms with Crippen LogP contribution in [0.15, 0.2) is 43.0 Å². The molecule has 0 bridgehead atoms. The lowest BCUT2D eigenvalue weighted by molar-refractivity contribution is -0.159. The number of carboxylic acids is 1. The van der Waals surface area contributed by atoms with Gasteiger partial charge in [0.2, 0.25) is 5.91 Å². The molecule has 2 amide bonds. The summed E-state index contributed by atoms with van der Waals surface area (Å²) in [4.78, 5) is 36.1. The molecular formula is C15H15ClN2O6S. The van der Waals surface area contributed by atoms with Crippen LogP contribution in [-0.2, 0) is 24.4 Å². The molecule has 2 N–H and O–H groups in total. The largest absolute Gasteiger partial charge is 0.484 e. The van der Waals surface area contributed by atoms with E-state index < -0.39 is 45.3 Å². The fourth-order valence-electron chi connectivity index (χ4n) is 2.33. The second kappa shape index (κ2) is 8.13. The van der Waals surface area contributed by atoms with Gasteiger partial charge in [0.15, 0.2) is 12.0 Å². The molecule has 1 aliphatic rings. The van der Waals surface area contributed by atoms with Crippen LogP contribution >= 0.6 is 10.7 Å². The number of benzene rings is 1. The van der Waals surface area contributed by atoms with Crippen LogP contribution in [0.25, 0.3) is 0 Å². The molecule has 8 nitrogen and oxygen atoms in total. The number of para-hydroxylation sites is 1. The molecule has 0 spiro atoms. The Morgan fingerprint density at radius 3 is 2.60 bits per heavy atom. The van der Waals surface area contributed by atoms with Gasteiger partial charge in [-0.25, -0.2) is 9.00 Å². The topological polar surface area (TPSA) is 113 Å². The SMILES string of the molecule is C=CC(C(=O)O)N1C(=O)C(NC(=O)COc2ccccc2)C1S(=O)Cl. The molecule has 0 aliphatic carbocycles. The number of aliphatic carboxylic acids is 1. The molecule has 10 heteroatoms. The van der Waals surface area contributed by atoms with E-state index in [1.165, 1.54) is 0 Å². The van der Waals surface area contributed by atoms with Crippen LogP contribution < -0.4 is 10.1 Å². The highest BCUT2D eigenvalue weighted by atomic mass is 35.7. The second-order valence-corrected chi connectivity index (χ2v) is 6.94. The first kappa shape index (κ1) is 18.9. The van der Waals surface area contributed by atoms with Gasteiger partial charge >= 0.3 is 5.97 Å². The van der Waals surface area contributed by atoms with Crippen molar-refractivity contribution in [3.05, 3.63) is 43.0 Å². The zero-order valence-electron chi connectivity index (χ0n) is 12.8. The molecule has 4 unspecified atom stereocenters. The summed E-state index contributed by atoms with van der Waals surface area (Å²) in [6.45, 7) is 2.98. The first-order valence-corrected chi connectivity index (χ1v) is 9.12. The zero-order chi connectivity index (χ0) is 18.6. The van der Waals surface area contributed by atoms with E-state index in [0.29, 0.717) is 5.75 Å². The Balaban J connectivity index is 2.00. The van der Waals surface area contributed by atoms with Crippen molar-refractivity contribution in [1.82, 2.24) is 10.2 Å². The maximum absolute atomic E-state index is 12.2. The number of hydrogen-bond acceptors (Lipinski definition) is 5. The number of β-lactam (4-membered cyclic amide) rings is 1. The van der Waals surface area contributed by atoms with E-state index in [9.17, 15) is 18.6 Å². The third kappa shape index (κ3) is 4.18. The van der Waals surface area contributed by atoms with E-state index in [-0.39, 0.29) is 6.61 Å². The number of hydrogen-bond donors (Lipinski definition) is 2. The summed E-state index contributed by atoms with van der Waals surface area (Å²) in [5.74, 6) is -2.21. The van der Waals surface area contributed by atoms with Crippen molar-refractivity contribution < 1.29 is 28.4 Å². The van der Waals surface area contributed by atoms with Crippen LogP contribution in [0, 0.1) is 0 Å². The smallest absolute Gasteiger partial charge is 0.330 e. The molecule has 4 atom stereocenters. The minimum Gasteiger partial charge on any atom is -0.484 e. The van der Waals surface area contributed by atoms with E-state index in [1.54, 1.807) is 30.3 Å². The molecule has 134 valence electrons. The van der Waals surface area contributed by atoms with Crippen LogP contribution in [0.5, 0.6) is 5.75 Å². The van der Waals surface area contributed by atoms with Crippen LogP contribution in [0.1, 0.15) is 0 Å². The van der Waals surface area contributed by atoms with Crippen molar-refractivity contribution in [3.8, 4) is 5.75 Å². The predicted octanol–water partition coefficient (Wildman–Crippen LogP) is 0.260. The van der Waals surface area contributed by atoms with Gasteiger partial charge in [-0.2, -0.15) is 0 Å². The number of nitrogens with one attached hydrogen (secondary N) is 1. The van der Waals surface area contributed by atoms with E-state index in [4.69, 9.17) is 20.5 Å². The Labute approximate surface area is 150 Å². The lowest BCUT2D eigenvalue weighted by Gasteiger charge is -2.46. The number of carboxylic acid groups (broad SMARTS) is 1. The van der Waals surface area contributed by atoms with Gasteiger partial charge in [-0.15, -0.1) is 6.58 Å². The second-order valence-electron chi connectivity index (χ2n) is 5.05. The lowest BCUT2D eigenvalue weighted by atomic mass is 10.0. The number of rotatable bonds is 8. The standard InChI is InChI=1S/C15H15ClN2O6S/c1-2-10(15(21)22)18-13(20)12(14(18)25(16)23)17-11(19)8-24-9-6-4-3-5-7-9/h2-7,10,12,14H,1,8H2,(H,17,19)(H,21,22). The average molecular weight is 387 g/mol. The van der Waals surface area contributed by atoms with Gasteiger partial charge in [-0.1, -0.05) is 24.3 Å². The number of nitrogens with zero attached hydrogens (tertiary/aromatic N) is 1. The number of carbonyl (C=O) groups is 3. The van der Waals surface area contributed by atoms with Crippen molar-refractivity contribution in [3.63, 3.8) is 0 Å². The molecule has 1 heterocycles. The van der Waals surface area contributed by atoms with Crippen molar-refractivity contribution in [2.45, 2.75) is 17.5 Å². The molecule has 0 aromatic heterocycles. The Morgan fingerprint density at radius 1 is 1.44 bits per heavy atom. The highest BCUT2D eigenvalue weighted by Crippen LogP contribution is 2.28. The van der Waals surface area contributed by atoms with E-state index in [1.807, 2.05) is 0 Å². The average Bonchev–Trinajstić information content (AvgIpc) is 2.58. The quantitative estimate of drug-likeness (QED) is 0.376. The normalized spacial score (nSPS) is 21.6. The molecular weight excluding hydrogens is 372 g/mol. The van der Waals surface area contributed by atoms with Gasteiger partial charge in [0.25, 0.3) is 5.91 Å². The number of halogens is 1. The summed E-state index contributed by atoms with van der Waals surface area (Å²) >= 11 is 0. The summed E-state index contributed by atoms with van der Waals surface area (Å²) < 4.78 is 16.9. The summed E-state index contributed by atoms with van der Waals surface area (Å²) in [7, 11) is 3.48. The first-order valence-electron chi connectivity index (χ1n) is 7.08. The fourth-order valence-corrected chi connectivity index (χ4v) is 3.70. The predicted molar refractivity (Wildman–Crippen MR) is 90.1 cm³/mol. The summed E-state index contributed by atoms with van der Waals surface area (Å²) in [6.07, 6.45) is 1.02. The number of amides is 2. The minimum atomic E-state index is -2.09.